The molecule has 134 valence electrons. The van der Waals surface area contributed by atoms with Crippen LogP contribution in [0.5, 0.6) is 0 Å². The second-order valence-electron chi connectivity index (χ2n) is 6.00. The molecule has 0 bridgehead atoms. The summed E-state index contributed by atoms with van der Waals surface area (Å²) in [6.45, 7) is 3.88. The van der Waals surface area contributed by atoms with Crippen LogP contribution in [0.15, 0.2) is 48.7 Å². The molecule has 2 aromatic rings. The lowest BCUT2D eigenvalue weighted by molar-refractivity contribution is 0.0349. The van der Waals surface area contributed by atoms with Crippen LogP contribution in [0, 0.1) is 5.82 Å². The zero-order valence-electron chi connectivity index (χ0n) is 14.5. The molecule has 0 saturated heterocycles. The molecule has 1 heterocycles. The van der Waals surface area contributed by atoms with Gasteiger partial charge in [0, 0.05) is 12.7 Å². The van der Waals surface area contributed by atoms with Gasteiger partial charge in [0.1, 0.15) is 5.82 Å². The van der Waals surface area contributed by atoms with Crippen molar-refractivity contribution in [1.82, 2.24) is 15.6 Å². The second kappa shape index (κ2) is 8.58. The highest BCUT2D eigenvalue weighted by molar-refractivity contribution is 5.75. The molecule has 0 radical (unpaired) electrons. The number of pyridine rings is 1. The van der Waals surface area contributed by atoms with Crippen LogP contribution in [0.1, 0.15) is 44.0 Å². The van der Waals surface area contributed by atoms with Gasteiger partial charge in [0.05, 0.1) is 17.3 Å². The molecule has 2 amide bonds. The summed E-state index contributed by atoms with van der Waals surface area (Å²) in [5.41, 5.74) is 0.260. The van der Waals surface area contributed by atoms with Crippen molar-refractivity contribution in [3.05, 3.63) is 65.7 Å². The molecule has 0 aliphatic rings. The zero-order valence-corrected chi connectivity index (χ0v) is 14.5. The molecule has 1 aromatic carbocycles. The van der Waals surface area contributed by atoms with E-state index in [2.05, 4.69) is 15.6 Å². The molecular weight excluding hydrogens is 321 g/mol. The number of halogens is 1. The summed E-state index contributed by atoms with van der Waals surface area (Å²) >= 11 is 0. The van der Waals surface area contributed by atoms with Crippen LogP contribution >= 0.6 is 0 Å². The lowest BCUT2D eigenvalue weighted by Crippen LogP contribution is -2.46. The van der Waals surface area contributed by atoms with E-state index in [4.69, 9.17) is 0 Å². The predicted molar refractivity (Wildman–Crippen MR) is 94.5 cm³/mol. The van der Waals surface area contributed by atoms with E-state index in [0.29, 0.717) is 24.1 Å². The smallest absolute Gasteiger partial charge is 0.315 e. The van der Waals surface area contributed by atoms with Crippen LogP contribution in [-0.4, -0.2) is 28.3 Å². The predicted octanol–water partition coefficient (Wildman–Crippen LogP) is 3.16. The van der Waals surface area contributed by atoms with Gasteiger partial charge in [-0.1, -0.05) is 32.0 Å². The van der Waals surface area contributed by atoms with Gasteiger partial charge in [-0.25, -0.2) is 9.18 Å². The Labute approximate surface area is 147 Å². The van der Waals surface area contributed by atoms with Crippen LogP contribution in [0.25, 0.3) is 0 Å². The first kappa shape index (κ1) is 18.9. The number of urea groups is 1. The number of rotatable bonds is 7. The van der Waals surface area contributed by atoms with E-state index >= 15 is 0 Å². The Morgan fingerprint density at radius 1 is 1.24 bits per heavy atom. The second-order valence-corrected chi connectivity index (χ2v) is 6.00. The van der Waals surface area contributed by atoms with Crippen LogP contribution in [0.2, 0.25) is 0 Å². The van der Waals surface area contributed by atoms with Gasteiger partial charge in [-0.2, -0.15) is 0 Å². The molecule has 0 fully saturated rings. The molecule has 1 atom stereocenters. The summed E-state index contributed by atoms with van der Waals surface area (Å²) in [5, 5.41) is 15.8. The van der Waals surface area contributed by atoms with Gasteiger partial charge in [0.15, 0.2) is 0 Å². The van der Waals surface area contributed by atoms with Crippen molar-refractivity contribution >= 4 is 6.03 Å². The van der Waals surface area contributed by atoms with E-state index in [1.807, 2.05) is 13.8 Å². The lowest BCUT2D eigenvalue weighted by atomic mass is 9.98. The maximum absolute atomic E-state index is 13.6. The van der Waals surface area contributed by atoms with Crippen molar-refractivity contribution in [2.75, 3.05) is 6.54 Å². The van der Waals surface area contributed by atoms with Gasteiger partial charge >= 0.3 is 6.03 Å². The van der Waals surface area contributed by atoms with E-state index in [-0.39, 0.29) is 12.4 Å². The minimum Gasteiger partial charge on any atom is -0.388 e. The number of nitrogens with one attached hydrogen (secondary N) is 2. The SMILES string of the molecule is CCC(O)(CC)CNC(=O)NC(c1cccc(F)c1)c1ccccn1. The van der Waals surface area contributed by atoms with Gasteiger partial charge in [-0.3, -0.25) is 4.98 Å². The Morgan fingerprint density at radius 3 is 2.60 bits per heavy atom. The first-order valence-electron chi connectivity index (χ1n) is 8.40. The van der Waals surface area contributed by atoms with Crippen LogP contribution < -0.4 is 10.6 Å². The number of hydrogen-bond donors (Lipinski definition) is 3. The fourth-order valence-electron chi connectivity index (χ4n) is 2.49. The number of aromatic nitrogens is 1. The highest BCUT2D eigenvalue weighted by Gasteiger charge is 2.24. The molecule has 0 aliphatic heterocycles. The third-order valence-corrected chi connectivity index (χ3v) is 4.34. The standard InChI is InChI=1S/C19H24FN3O2/c1-3-19(25,4-2)13-22-18(24)23-17(16-10-5-6-11-21-16)14-8-7-9-15(20)12-14/h5-12,17,25H,3-4,13H2,1-2H3,(H2,22,23,24). The number of amides is 2. The Hall–Kier alpha value is -2.47. The fourth-order valence-corrected chi connectivity index (χ4v) is 2.49. The number of aliphatic hydroxyl groups is 1. The molecule has 5 nitrogen and oxygen atoms in total. The molecule has 1 aromatic heterocycles. The molecule has 3 N–H and O–H groups in total. The van der Waals surface area contributed by atoms with Crippen molar-refractivity contribution in [2.45, 2.75) is 38.3 Å². The average Bonchev–Trinajstić information content (AvgIpc) is 2.65. The van der Waals surface area contributed by atoms with Crippen LogP contribution in [0.4, 0.5) is 9.18 Å². The van der Waals surface area contributed by atoms with E-state index in [0.717, 1.165) is 0 Å². The van der Waals surface area contributed by atoms with Crippen LogP contribution in [-0.2, 0) is 0 Å². The molecule has 25 heavy (non-hydrogen) atoms. The normalized spacial score (nSPS) is 12.5. The fraction of sp³-hybridized carbons (Fsp3) is 0.368. The first-order chi connectivity index (χ1) is 12.0. The maximum Gasteiger partial charge on any atom is 0.315 e. The van der Waals surface area contributed by atoms with Gasteiger partial charge in [0.25, 0.3) is 0 Å². The Balaban J connectivity index is 2.15. The quantitative estimate of drug-likeness (QED) is 0.722. The van der Waals surface area contributed by atoms with Crippen molar-refractivity contribution in [3.63, 3.8) is 0 Å². The summed E-state index contributed by atoms with van der Waals surface area (Å²) in [7, 11) is 0. The highest BCUT2D eigenvalue weighted by Crippen LogP contribution is 2.21. The number of carbonyl (C=O) groups is 1. The molecule has 6 heteroatoms. The largest absolute Gasteiger partial charge is 0.388 e. The maximum atomic E-state index is 13.6. The molecule has 0 aliphatic carbocycles. The zero-order chi connectivity index (χ0) is 18.3. The Kier molecular flexibility index (Phi) is 6.47. The summed E-state index contributed by atoms with van der Waals surface area (Å²) in [6, 6.07) is 10.4. The van der Waals surface area contributed by atoms with Crippen molar-refractivity contribution < 1.29 is 14.3 Å². The van der Waals surface area contributed by atoms with E-state index in [9.17, 15) is 14.3 Å². The van der Waals surface area contributed by atoms with Crippen molar-refractivity contribution in [1.29, 1.82) is 0 Å². The van der Waals surface area contributed by atoms with E-state index in [1.165, 1.54) is 12.1 Å². The van der Waals surface area contributed by atoms with Crippen molar-refractivity contribution in [3.8, 4) is 0 Å². The summed E-state index contributed by atoms with van der Waals surface area (Å²) < 4.78 is 13.6. The number of benzene rings is 1. The summed E-state index contributed by atoms with van der Waals surface area (Å²) in [4.78, 5) is 16.6. The minimum absolute atomic E-state index is 0.143. The molecular formula is C19H24FN3O2. The van der Waals surface area contributed by atoms with Crippen LogP contribution in [0.3, 0.4) is 0 Å². The lowest BCUT2D eigenvalue weighted by Gasteiger charge is -2.26. The van der Waals surface area contributed by atoms with Gasteiger partial charge < -0.3 is 15.7 Å². The third kappa shape index (κ3) is 5.26. The minimum atomic E-state index is -0.934. The number of hydrogen-bond acceptors (Lipinski definition) is 3. The topological polar surface area (TPSA) is 74.2 Å². The number of carbonyl (C=O) groups excluding carboxylic acids is 1. The summed E-state index contributed by atoms with van der Waals surface area (Å²) in [6.07, 6.45) is 2.70. The van der Waals surface area contributed by atoms with Crippen molar-refractivity contribution in [2.24, 2.45) is 0 Å². The monoisotopic (exact) mass is 345 g/mol. The van der Waals surface area contributed by atoms with E-state index in [1.54, 1.807) is 36.5 Å². The molecule has 1 unspecified atom stereocenters. The molecule has 2 rings (SSSR count). The third-order valence-electron chi connectivity index (χ3n) is 4.34. The summed E-state index contributed by atoms with van der Waals surface area (Å²) in [5.74, 6) is -0.382. The molecule has 0 spiro atoms. The average molecular weight is 345 g/mol. The Morgan fingerprint density at radius 2 is 2.00 bits per heavy atom. The Bertz CT molecular complexity index is 690. The number of nitrogens with zero attached hydrogens (tertiary/aromatic N) is 1. The van der Waals surface area contributed by atoms with Gasteiger partial charge in [-0.05, 0) is 42.7 Å². The van der Waals surface area contributed by atoms with Gasteiger partial charge in [0.2, 0.25) is 0 Å². The highest BCUT2D eigenvalue weighted by atomic mass is 19.1. The first-order valence-corrected chi connectivity index (χ1v) is 8.40. The molecule has 0 saturated carbocycles. The van der Waals surface area contributed by atoms with E-state index < -0.39 is 17.7 Å². The van der Waals surface area contributed by atoms with Gasteiger partial charge in [-0.15, -0.1) is 0 Å².